The number of carbonyl (C=O) groups excluding carboxylic acids is 1. The molecule has 0 saturated heterocycles. The summed E-state index contributed by atoms with van der Waals surface area (Å²) in [6, 6.07) is 0. The van der Waals surface area contributed by atoms with E-state index >= 15 is 0 Å². The standard InChI is InChI=1S/C15H23N3O.ClH/c19-15(13-8-12(13)14-9-16-10-18-14)17-7-6-11-4-2-1-3-5-11;/h9-13H,1-8H2,(H,16,18)(H,17,19);1H/t12-,13-;/m1./s1. The molecule has 2 atom stereocenters. The van der Waals surface area contributed by atoms with E-state index in [0.717, 1.165) is 31.0 Å². The Morgan fingerprint density at radius 1 is 1.35 bits per heavy atom. The highest BCUT2D eigenvalue weighted by Gasteiger charge is 2.44. The van der Waals surface area contributed by atoms with Gasteiger partial charge >= 0.3 is 0 Å². The van der Waals surface area contributed by atoms with Gasteiger partial charge in [-0.15, -0.1) is 12.4 Å². The van der Waals surface area contributed by atoms with Crippen LogP contribution in [0, 0.1) is 11.8 Å². The third kappa shape index (κ3) is 3.75. The van der Waals surface area contributed by atoms with Crippen molar-refractivity contribution in [3.8, 4) is 0 Å². The van der Waals surface area contributed by atoms with Crippen LogP contribution < -0.4 is 5.32 Å². The monoisotopic (exact) mass is 297 g/mol. The first-order chi connectivity index (χ1) is 9.34. The van der Waals surface area contributed by atoms with Crippen LogP contribution in [0.5, 0.6) is 0 Å². The Kier molecular flexibility index (Phi) is 5.46. The predicted octanol–water partition coefficient (Wildman–Crippen LogP) is 3.02. The Balaban J connectivity index is 0.00000147. The maximum absolute atomic E-state index is 12.0. The number of hydrogen-bond donors (Lipinski definition) is 2. The number of amides is 1. The van der Waals surface area contributed by atoms with E-state index in [9.17, 15) is 4.79 Å². The van der Waals surface area contributed by atoms with E-state index in [1.807, 2.05) is 6.20 Å². The number of H-pyrrole nitrogens is 1. The molecule has 5 heteroatoms. The number of hydrogen-bond acceptors (Lipinski definition) is 2. The lowest BCUT2D eigenvalue weighted by atomic mass is 9.87. The van der Waals surface area contributed by atoms with Crippen molar-refractivity contribution in [3.63, 3.8) is 0 Å². The number of aromatic amines is 1. The van der Waals surface area contributed by atoms with Gasteiger partial charge in [0, 0.05) is 24.6 Å². The lowest BCUT2D eigenvalue weighted by Crippen LogP contribution is -2.28. The smallest absolute Gasteiger partial charge is 0.223 e. The summed E-state index contributed by atoms with van der Waals surface area (Å²) in [5.41, 5.74) is 1.03. The molecule has 2 aliphatic rings. The van der Waals surface area contributed by atoms with Crippen LogP contribution in [0.25, 0.3) is 0 Å². The number of imidazole rings is 1. The summed E-state index contributed by atoms with van der Waals surface area (Å²) in [7, 11) is 0. The van der Waals surface area contributed by atoms with Gasteiger partial charge in [-0.05, 0) is 18.8 Å². The van der Waals surface area contributed by atoms with Gasteiger partial charge in [0.15, 0.2) is 0 Å². The van der Waals surface area contributed by atoms with Crippen molar-refractivity contribution in [2.24, 2.45) is 11.8 Å². The number of aromatic nitrogens is 2. The van der Waals surface area contributed by atoms with E-state index < -0.39 is 0 Å². The molecular weight excluding hydrogens is 274 g/mol. The van der Waals surface area contributed by atoms with Gasteiger partial charge in [0.05, 0.1) is 12.0 Å². The minimum Gasteiger partial charge on any atom is -0.356 e. The Labute approximate surface area is 126 Å². The molecular formula is C15H24ClN3O. The second kappa shape index (κ2) is 7.11. The van der Waals surface area contributed by atoms with Gasteiger partial charge in [0.1, 0.15) is 0 Å². The van der Waals surface area contributed by atoms with Crippen molar-refractivity contribution in [1.82, 2.24) is 15.3 Å². The first-order valence-corrected chi connectivity index (χ1v) is 7.61. The van der Waals surface area contributed by atoms with Crippen molar-refractivity contribution >= 4 is 18.3 Å². The lowest BCUT2D eigenvalue weighted by molar-refractivity contribution is -0.122. The first kappa shape index (κ1) is 15.4. The number of halogens is 1. The molecule has 0 spiro atoms. The zero-order chi connectivity index (χ0) is 13.1. The molecule has 2 fully saturated rings. The summed E-state index contributed by atoms with van der Waals surface area (Å²) in [5.74, 6) is 1.58. The summed E-state index contributed by atoms with van der Waals surface area (Å²) >= 11 is 0. The molecule has 0 aromatic carbocycles. The minimum atomic E-state index is 0. The van der Waals surface area contributed by atoms with Crippen LogP contribution in [0.15, 0.2) is 12.5 Å². The predicted molar refractivity (Wildman–Crippen MR) is 80.9 cm³/mol. The van der Waals surface area contributed by atoms with Crippen molar-refractivity contribution < 1.29 is 4.79 Å². The van der Waals surface area contributed by atoms with Crippen LogP contribution in [-0.2, 0) is 4.79 Å². The molecule has 2 aliphatic carbocycles. The Morgan fingerprint density at radius 3 is 2.85 bits per heavy atom. The van der Waals surface area contributed by atoms with Gasteiger partial charge < -0.3 is 10.3 Å². The van der Waals surface area contributed by atoms with Gasteiger partial charge in [-0.25, -0.2) is 4.98 Å². The normalized spacial score (nSPS) is 25.8. The van der Waals surface area contributed by atoms with Crippen LogP contribution in [0.4, 0.5) is 0 Å². The highest BCUT2D eigenvalue weighted by Crippen LogP contribution is 2.46. The Hall–Kier alpha value is -1.03. The fourth-order valence-corrected chi connectivity index (χ4v) is 3.29. The third-order valence-corrected chi connectivity index (χ3v) is 4.60. The average molecular weight is 298 g/mol. The Morgan fingerprint density at radius 2 is 2.15 bits per heavy atom. The summed E-state index contributed by atoms with van der Waals surface area (Å²) < 4.78 is 0. The van der Waals surface area contributed by atoms with Gasteiger partial charge in [0.2, 0.25) is 5.91 Å². The van der Waals surface area contributed by atoms with E-state index in [4.69, 9.17) is 0 Å². The molecule has 1 amide bonds. The summed E-state index contributed by atoms with van der Waals surface area (Å²) in [6.45, 7) is 0.854. The van der Waals surface area contributed by atoms with E-state index in [-0.39, 0.29) is 24.2 Å². The fourth-order valence-electron chi connectivity index (χ4n) is 3.29. The average Bonchev–Trinajstić information content (AvgIpc) is 3.06. The van der Waals surface area contributed by atoms with Gasteiger partial charge in [-0.2, -0.15) is 0 Å². The van der Waals surface area contributed by atoms with Gasteiger partial charge in [-0.3, -0.25) is 4.79 Å². The molecule has 2 N–H and O–H groups in total. The van der Waals surface area contributed by atoms with Crippen molar-refractivity contribution in [2.45, 2.75) is 50.9 Å². The molecule has 0 aliphatic heterocycles. The van der Waals surface area contributed by atoms with E-state index in [1.54, 1.807) is 6.33 Å². The quantitative estimate of drug-likeness (QED) is 0.878. The maximum Gasteiger partial charge on any atom is 0.223 e. The lowest BCUT2D eigenvalue weighted by Gasteiger charge is -2.21. The molecule has 20 heavy (non-hydrogen) atoms. The van der Waals surface area contributed by atoms with E-state index in [0.29, 0.717) is 5.92 Å². The number of carbonyl (C=O) groups is 1. The molecule has 1 heterocycles. The zero-order valence-electron chi connectivity index (χ0n) is 11.8. The molecule has 0 radical (unpaired) electrons. The molecule has 3 rings (SSSR count). The molecule has 0 unspecified atom stereocenters. The molecule has 4 nitrogen and oxygen atoms in total. The fraction of sp³-hybridized carbons (Fsp3) is 0.733. The number of nitrogens with one attached hydrogen (secondary N) is 2. The molecule has 1 aromatic rings. The van der Waals surface area contributed by atoms with Crippen molar-refractivity contribution in [3.05, 3.63) is 18.2 Å². The largest absolute Gasteiger partial charge is 0.356 e. The number of rotatable bonds is 5. The first-order valence-electron chi connectivity index (χ1n) is 7.61. The number of nitrogens with zero attached hydrogens (tertiary/aromatic N) is 1. The van der Waals surface area contributed by atoms with Crippen LogP contribution in [-0.4, -0.2) is 22.4 Å². The van der Waals surface area contributed by atoms with Gasteiger partial charge in [-0.1, -0.05) is 32.1 Å². The summed E-state index contributed by atoms with van der Waals surface area (Å²) in [4.78, 5) is 19.2. The second-order valence-electron chi connectivity index (χ2n) is 6.03. The highest BCUT2D eigenvalue weighted by molar-refractivity contribution is 5.85. The molecule has 0 bridgehead atoms. The highest BCUT2D eigenvalue weighted by atomic mass is 35.5. The second-order valence-corrected chi connectivity index (χ2v) is 6.03. The molecule has 1 aromatic heterocycles. The van der Waals surface area contributed by atoms with Crippen LogP contribution in [0.3, 0.4) is 0 Å². The Bertz CT molecular complexity index is 415. The molecule has 112 valence electrons. The van der Waals surface area contributed by atoms with Crippen LogP contribution in [0.2, 0.25) is 0 Å². The summed E-state index contributed by atoms with van der Waals surface area (Å²) in [5, 5.41) is 3.11. The van der Waals surface area contributed by atoms with Gasteiger partial charge in [0.25, 0.3) is 0 Å². The topological polar surface area (TPSA) is 57.8 Å². The van der Waals surface area contributed by atoms with E-state index in [1.165, 1.54) is 32.1 Å². The maximum atomic E-state index is 12.0. The SMILES string of the molecule is Cl.O=C(NCCC1CCCCC1)[C@@H]1C[C@H]1c1c[nH]cn1. The van der Waals surface area contributed by atoms with E-state index in [2.05, 4.69) is 15.3 Å². The van der Waals surface area contributed by atoms with Crippen LogP contribution in [0.1, 0.15) is 56.6 Å². The van der Waals surface area contributed by atoms with Crippen molar-refractivity contribution in [1.29, 1.82) is 0 Å². The van der Waals surface area contributed by atoms with Crippen molar-refractivity contribution in [2.75, 3.05) is 6.54 Å². The van der Waals surface area contributed by atoms with Crippen LogP contribution >= 0.6 is 12.4 Å². The summed E-state index contributed by atoms with van der Waals surface area (Å²) in [6.07, 6.45) is 12.6. The third-order valence-electron chi connectivity index (χ3n) is 4.60. The zero-order valence-corrected chi connectivity index (χ0v) is 12.6. The minimum absolute atomic E-state index is 0. The molecule has 2 saturated carbocycles.